The summed E-state index contributed by atoms with van der Waals surface area (Å²) in [6.07, 6.45) is 3.16. The van der Waals surface area contributed by atoms with Gasteiger partial charge in [0.1, 0.15) is 0 Å². The first-order chi connectivity index (χ1) is 13.9. The lowest BCUT2D eigenvalue weighted by atomic mass is 9.75. The van der Waals surface area contributed by atoms with Crippen molar-refractivity contribution in [1.29, 1.82) is 0 Å². The van der Waals surface area contributed by atoms with Crippen LogP contribution in [-0.4, -0.2) is 70.2 Å². The zero-order valence-electron chi connectivity index (χ0n) is 17.0. The third-order valence-corrected chi connectivity index (χ3v) is 5.28. The zero-order valence-corrected chi connectivity index (χ0v) is 17.0. The molecule has 1 aliphatic heterocycles. The number of hydrogen-bond acceptors (Lipinski definition) is 4. The molecule has 29 heavy (non-hydrogen) atoms. The van der Waals surface area contributed by atoms with Crippen LogP contribution in [0.2, 0.25) is 0 Å². The number of carbonyl (C=O) groups is 2. The number of benzene rings is 1. The van der Waals surface area contributed by atoms with Gasteiger partial charge in [-0.2, -0.15) is 0 Å². The minimum Gasteiger partial charge on any atom is -0.394 e. The highest BCUT2D eigenvalue weighted by atomic mass is 16.3. The van der Waals surface area contributed by atoms with E-state index >= 15 is 0 Å². The van der Waals surface area contributed by atoms with Crippen molar-refractivity contribution in [1.82, 2.24) is 20.1 Å². The molecule has 7 heteroatoms. The molecule has 0 saturated carbocycles. The lowest BCUT2D eigenvalue weighted by Gasteiger charge is -2.55. The average Bonchev–Trinajstić information content (AvgIpc) is 2.71. The van der Waals surface area contributed by atoms with Gasteiger partial charge in [-0.15, -0.1) is 0 Å². The number of amides is 3. The Hall–Kier alpha value is -2.93. The van der Waals surface area contributed by atoms with Crippen molar-refractivity contribution in [3.63, 3.8) is 0 Å². The third-order valence-electron chi connectivity index (χ3n) is 5.28. The van der Waals surface area contributed by atoms with Crippen molar-refractivity contribution in [2.45, 2.75) is 37.9 Å². The molecule has 2 aromatic rings. The van der Waals surface area contributed by atoms with Gasteiger partial charge in [-0.05, 0) is 31.5 Å². The molecule has 3 atom stereocenters. The highest BCUT2D eigenvalue weighted by molar-refractivity contribution is 5.93. The molecule has 2 N–H and O–H groups in total. The molecule has 1 saturated heterocycles. The van der Waals surface area contributed by atoms with E-state index in [0.717, 1.165) is 5.56 Å². The van der Waals surface area contributed by atoms with E-state index in [1.807, 2.05) is 44.2 Å². The second-order valence-corrected chi connectivity index (χ2v) is 7.69. The number of aromatic nitrogens is 1. The van der Waals surface area contributed by atoms with Crippen LogP contribution >= 0.6 is 0 Å². The Labute approximate surface area is 171 Å². The standard InChI is InChI=1S/C22H28N4O3/c1-15(2)24-22(29)26-18(13-25(3)21(28)17-10-7-11-23-12-17)20(19(26)14-27)16-8-5-4-6-9-16/h4-12,15,18-20,27H,13-14H2,1-3H3,(H,24,29)/t18-,19-,20+/m1/s1. The van der Waals surface area contributed by atoms with Crippen molar-refractivity contribution < 1.29 is 14.7 Å². The van der Waals surface area contributed by atoms with Gasteiger partial charge in [0.05, 0.1) is 24.3 Å². The van der Waals surface area contributed by atoms with Crippen molar-refractivity contribution in [2.75, 3.05) is 20.2 Å². The van der Waals surface area contributed by atoms with E-state index in [2.05, 4.69) is 10.3 Å². The van der Waals surface area contributed by atoms with Crippen LogP contribution in [0.4, 0.5) is 4.79 Å². The molecule has 1 aromatic heterocycles. The minimum absolute atomic E-state index is 0.0203. The first-order valence-electron chi connectivity index (χ1n) is 9.84. The Kier molecular flexibility index (Phi) is 6.49. The Morgan fingerprint density at radius 3 is 2.48 bits per heavy atom. The molecule has 154 valence electrons. The van der Waals surface area contributed by atoms with Crippen LogP contribution in [0.5, 0.6) is 0 Å². The zero-order chi connectivity index (χ0) is 21.0. The van der Waals surface area contributed by atoms with Crippen LogP contribution in [-0.2, 0) is 0 Å². The average molecular weight is 396 g/mol. The molecule has 3 rings (SSSR count). The van der Waals surface area contributed by atoms with Gasteiger partial charge in [0, 0.05) is 37.9 Å². The van der Waals surface area contributed by atoms with E-state index < -0.39 is 0 Å². The number of nitrogens with zero attached hydrogens (tertiary/aromatic N) is 3. The van der Waals surface area contributed by atoms with E-state index in [4.69, 9.17) is 0 Å². The predicted molar refractivity (Wildman–Crippen MR) is 111 cm³/mol. The lowest BCUT2D eigenvalue weighted by Crippen LogP contribution is -2.70. The third kappa shape index (κ3) is 4.40. The molecule has 1 fully saturated rings. The molecule has 0 radical (unpaired) electrons. The number of likely N-dealkylation sites (N-methyl/N-ethyl adjacent to an activating group) is 1. The normalized spacial score (nSPS) is 20.9. The number of urea groups is 1. The highest BCUT2D eigenvalue weighted by Gasteiger charge is 2.51. The van der Waals surface area contributed by atoms with Crippen LogP contribution in [0.15, 0.2) is 54.9 Å². The van der Waals surface area contributed by atoms with Gasteiger partial charge < -0.3 is 20.2 Å². The summed E-state index contributed by atoms with van der Waals surface area (Å²) >= 11 is 0. The van der Waals surface area contributed by atoms with Gasteiger partial charge >= 0.3 is 6.03 Å². The second kappa shape index (κ2) is 9.05. The maximum Gasteiger partial charge on any atom is 0.318 e. The summed E-state index contributed by atoms with van der Waals surface area (Å²) in [5.41, 5.74) is 1.55. The summed E-state index contributed by atoms with van der Waals surface area (Å²) in [7, 11) is 1.72. The van der Waals surface area contributed by atoms with Gasteiger partial charge in [0.25, 0.3) is 5.91 Å². The molecule has 0 aliphatic carbocycles. The maximum atomic E-state index is 12.8. The molecule has 1 aliphatic rings. The summed E-state index contributed by atoms with van der Waals surface area (Å²) in [6.45, 7) is 4.01. The van der Waals surface area contributed by atoms with Gasteiger partial charge in [-0.3, -0.25) is 9.78 Å². The molecule has 0 bridgehead atoms. The lowest BCUT2D eigenvalue weighted by molar-refractivity contribution is -0.0190. The van der Waals surface area contributed by atoms with Crippen LogP contribution in [0.3, 0.4) is 0 Å². The second-order valence-electron chi connectivity index (χ2n) is 7.69. The van der Waals surface area contributed by atoms with E-state index in [1.165, 1.54) is 6.20 Å². The van der Waals surface area contributed by atoms with E-state index in [0.29, 0.717) is 12.1 Å². The number of pyridine rings is 1. The van der Waals surface area contributed by atoms with Crippen molar-refractivity contribution in [3.8, 4) is 0 Å². The van der Waals surface area contributed by atoms with Crippen LogP contribution in [0.25, 0.3) is 0 Å². The summed E-state index contributed by atoms with van der Waals surface area (Å²) in [4.78, 5) is 32.9. The Bertz CT molecular complexity index is 828. The molecule has 2 heterocycles. The first kappa shape index (κ1) is 20.8. The predicted octanol–water partition coefficient (Wildman–Crippen LogP) is 2.10. The highest BCUT2D eigenvalue weighted by Crippen LogP contribution is 2.41. The van der Waals surface area contributed by atoms with Crippen molar-refractivity contribution in [2.24, 2.45) is 0 Å². The van der Waals surface area contributed by atoms with Crippen molar-refractivity contribution >= 4 is 11.9 Å². The summed E-state index contributed by atoms with van der Waals surface area (Å²) in [5.74, 6) is -0.204. The molecular formula is C22H28N4O3. The monoisotopic (exact) mass is 396 g/mol. The number of rotatable bonds is 6. The fourth-order valence-electron chi connectivity index (χ4n) is 3.97. The summed E-state index contributed by atoms with van der Waals surface area (Å²) in [5, 5.41) is 12.9. The Morgan fingerprint density at radius 1 is 1.17 bits per heavy atom. The quantitative estimate of drug-likeness (QED) is 0.783. The van der Waals surface area contributed by atoms with Gasteiger partial charge in [-0.25, -0.2) is 4.79 Å². The van der Waals surface area contributed by atoms with Crippen LogP contribution in [0, 0.1) is 0 Å². The minimum atomic E-state index is -0.331. The number of aliphatic hydroxyl groups excluding tert-OH is 1. The largest absolute Gasteiger partial charge is 0.394 e. The number of likely N-dealkylation sites (tertiary alicyclic amines) is 1. The number of nitrogens with one attached hydrogen (secondary N) is 1. The number of hydrogen-bond donors (Lipinski definition) is 2. The molecule has 1 aromatic carbocycles. The molecular weight excluding hydrogens is 368 g/mol. The van der Waals surface area contributed by atoms with Gasteiger partial charge in [-0.1, -0.05) is 30.3 Å². The van der Waals surface area contributed by atoms with E-state index in [1.54, 1.807) is 35.2 Å². The van der Waals surface area contributed by atoms with Gasteiger partial charge in [0.15, 0.2) is 0 Å². The van der Waals surface area contributed by atoms with Crippen molar-refractivity contribution in [3.05, 3.63) is 66.0 Å². The SMILES string of the molecule is CC(C)NC(=O)N1[C@H](CO)[C@@H](c2ccccc2)[C@H]1CN(C)C(=O)c1cccnc1. The van der Waals surface area contributed by atoms with Crippen LogP contribution < -0.4 is 5.32 Å². The van der Waals surface area contributed by atoms with E-state index in [9.17, 15) is 14.7 Å². The fourth-order valence-corrected chi connectivity index (χ4v) is 3.97. The van der Waals surface area contributed by atoms with Gasteiger partial charge in [0.2, 0.25) is 0 Å². The summed E-state index contributed by atoms with van der Waals surface area (Å²) in [6, 6.07) is 12.5. The fraction of sp³-hybridized carbons (Fsp3) is 0.409. The Morgan fingerprint density at radius 2 is 1.90 bits per heavy atom. The smallest absolute Gasteiger partial charge is 0.318 e. The Balaban J connectivity index is 1.85. The van der Waals surface area contributed by atoms with E-state index in [-0.39, 0.29) is 42.6 Å². The summed E-state index contributed by atoms with van der Waals surface area (Å²) < 4.78 is 0. The topological polar surface area (TPSA) is 85.8 Å². The van der Waals surface area contributed by atoms with Crippen LogP contribution in [0.1, 0.15) is 35.7 Å². The first-order valence-corrected chi connectivity index (χ1v) is 9.84. The number of carbonyl (C=O) groups excluding carboxylic acids is 2. The molecule has 7 nitrogen and oxygen atoms in total. The molecule has 0 spiro atoms. The molecule has 0 unspecified atom stereocenters. The number of aliphatic hydroxyl groups is 1. The molecule has 3 amide bonds. The maximum absolute atomic E-state index is 12.8.